The molecule has 0 saturated heterocycles. The molecule has 0 bridgehead atoms. The summed E-state index contributed by atoms with van der Waals surface area (Å²) in [5.74, 6) is 0.582. The Morgan fingerprint density at radius 2 is 2.06 bits per heavy atom. The molecular weight excluding hydrogens is 313 g/mol. The number of methoxy groups -OCH3 is 1. The molecule has 0 amide bonds. The maximum Gasteiger partial charge on any atom is 0.417 e. The molecule has 0 atom stereocenters. The van der Waals surface area contributed by atoms with Crippen LogP contribution in [0.2, 0.25) is 0 Å². The minimum atomic E-state index is -4.39. The van der Waals surface area contributed by atoms with Gasteiger partial charge in [0.2, 0.25) is 0 Å². The number of benzene rings is 1. The van der Waals surface area contributed by atoms with Gasteiger partial charge in [-0.15, -0.1) is 0 Å². The standard InChI is InChI=1S/C11H10BrF3N2O/c1-17-9-3-6(11(13,14)15)7(12)4-8(9)16-10(17)5-18-2/h3-4H,5H2,1-2H3. The van der Waals surface area contributed by atoms with Crippen molar-refractivity contribution in [3.05, 3.63) is 28.0 Å². The van der Waals surface area contributed by atoms with Gasteiger partial charge in [-0.1, -0.05) is 15.9 Å². The second-order valence-electron chi connectivity index (χ2n) is 3.84. The van der Waals surface area contributed by atoms with Gasteiger partial charge in [0.1, 0.15) is 12.4 Å². The summed E-state index contributed by atoms with van der Waals surface area (Å²) < 4.78 is 44.9. The first-order valence-electron chi connectivity index (χ1n) is 5.05. The Kier molecular flexibility index (Phi) is 3.37. The van der Waals surface area contributed by atoms with Gasteiger partial charge in [-0.2, -0.15) is 13.2 Å². The van der Waals surface area contributed by atoms with Crippen LogP contribution in [-0.4, -0.2) is 16.7 Å². The van der Waals surface area contributed by atoms with E-state index in [1.54, 1.807) is 11.6 Å². The van der Waals surface area contributed by atoms with Crippen LogP contribution in [0.3, 0.4) is 0 Å². The zero-order valence-electron chi connectivity index (χ0n) is 9.68. The summed E-state index contributed by atoms with van der Waals surface area (Å²) in [5, 5.41) is 0. The number of aromatic nitrogens is 2. The predicted molar refractivity (Wildman–Crippen MR) is 64.1 cm³/mol. The van der Waals surface area contributed by atoms with Crippen molar-refractivity contribution in [1.82, 2.24) is 9.55 Å². The lowest BCUT2D eigenvalue weighted by molar-refractivity contribution is -0.138. The fourth-order valence-corrected chi connectivity index (χ4v) is 2.29. The fraction of sp³-hybridized carbons (Fsp3) is 0.364. The van der Waals surface area contributed by atoms with E-state index in [1.807, 2.05) is 0 Å². The predicted octanol–water partition coefficient (Wildman–Crippen LogP) is 3.50. The summed E-state index contributed by atoms with van der Waals surface area (Å²) in [6.07, 6.45) is -4.39. The second kappa shape index (κ2) is 4.55. The van der Waals surface area contributed by atoms with Gasteiger partial charge < -0.3 is 9.30 Å². The molecule has 0 unspecified atom stereocenters. The van der Waals surface area contributed by atoms with Crippen LogP contribution >= 0.6 is 15.9 Å². The lowest BCUT2D eigenvalue weighted by atomic mass is 10.2. The number of hydrogen-bond acceptors (Lipinski definition) is 2. The van der Waals surface area contributed by atoms with E-state index in [0.717, 1.165) is 6.07 Å². The minimum Gasteiger partial charge on any atom is -0.377 e. The van der Waals surface area contributed by atoms with Crippen molar-refractivity contribution in [2.75, 3.05) is 7.11 Å². The summed E-state index contributed by atoms with van der Waals surface area (Å²) in [7, 11) is 3.17. The van der Waals surface area contributed by atoms with E-state index in [9.17, 15) is 13.2 Å². The van der Waals surface area contributed by atoms with Crippen LogP contribution in [0.15, 0.2) is 16.6 Å². The van der Waals surface area contributed by atoms with Crippen LogP contribution in [0, 0.1) is 0 Å². The normalized spacial score (nSPS) is 12.3. The van der Waals surface area contributed by atoms with Gasteiger partial charge in [0.15, 0.2) is 0 Å². The SMILES string of the molecule is COCc1nc2cc(Br)c(C(F)(F)F)cc2n1C. The van der Waals surface area contributed by atoms with Crippen LogP contribution in [-0.2, 0) is 24.6 Å². The lowest BCUT2D eigenvalue weighted by Gasteiger charge is -2.09. The van der Waals surface area contributed by atoms with E-state index in [-0.39, 0.29) is 11.1 Å². The van der Waals surface area contributed by atoms with Gasteiger partial charge in [-0.3, -0.25) is 0 Å². The molecule has 0 aliphatic carbocycles. The van der Waals surface area contributed by atoms with Crippen molar-refractivity contribution in [2.45, 2.75) is 12.8 Å². The zero-order chi connectivity index (χ0) is 13.5. The average molecular weight is 323 g/mol. The van der Waals surface area contributed by atoms with Gasteiger partial charge in [0.25, 0.3) is 0 Å². The molecule has 0 fully saturated rings. The molecular formula is C11H10BrF3N2O. The average Bonchev–Trinajstić information content (AvgIpc) is 2.53. The third kappa shape index (κ3) is 2.24. The van der Waals surface area contributed by atoms with Gasteiger partial charge >= 0.3 is 6.18 Å². The molecule has 2 rings (SSSR count). The third-order valence-corrected chi connectivity index (χ3v) is 3.30. The summed E-state index contributed by atoms with van der Waals surface area (Å²) in [6, 6.07) is 2.46. The van der Waals surface area contributed by atoms with Crippen LogP contribution in [0.5, 0.6) is 0 Å². The summed E-state index contributed by atoms with van der Waals surface area (Å²) in [4.78, 5) is 4.23. The Labute approximate surface area is 110 Å². The maximum absolute atomic E-state index is 12.8. The van der Waals surface area contributed by atoms with Crippen LogP contribution in [0.4, 0.5) is 13.2 Å². The van der Waals surface area contributed by atoms with Gasteiger partial charge in [-0.25, -0.2) is 4.98 Å². The Bertz CT molecular complexity index is 592. The number of aryl methyl sites for hydroxylation is 1. The van der Waals surface area contributed by atoms with E-state index in [1.165, 1.54) is 13.2 Å². The maximum atomic E-state index is 12.8. The van der Waals surface area contributed by atoms with Crippen molar-refractivity contribution >= 4 is 27.0 Å². The molecule has 1 aromatic heterocycles. The number of rotatable bonds is 2. The number of fused-ring (bicyclic) bond motifs is 1. The molecule has 18 heavy (non-hydrogen) atoms. The molecule has 1 aromatic carbocycles. The highest BCUT2D eigenvalue weighted by molar-refractivity contribution is 9.10. The number of alkyl halides is 3. The summed E-state index contributed by atoms with van der Waals surface area (Å²) in [6.45, 7) is 0.254. The molecule has 0 spiro atoms. The highest BCUT2D eigenvalue weighted by Crippen LogP contribution is 2.37. The Hall–Kier alpha value is -1.08. The van der Waals surface area contributed by atoms with Crippen molar-refractivity contribution in [2.24, 2.45) is 7.05 Å². The smallest absolute Gasteiger partial charge is 0.377 e. The monoisotopic (exact) mass is 322 g/mol. The van der Waals surface area contributed by atoms with Crippen molar-refractivity contribution in [3.8, 4) is 0 Å². The van der Waals surface area contributed by atoms with Gasteiger partial charge in [0.05, 0.1) is 16.6 Å². The number of halogens is 4. The quantitative estimate of drug-likeness (QED) is 0.846. The Balaban J connectivity index is 2.67. The first-order chi connectivity index (χ1) is 8.34. The van der Waals surface area contributed by atoms with Gasteiger partial charge in [0, 0.05) is 18.6 Å². The van der Waals surface area contributed by atoms with Crippen molar-refractivity contribution < 1.29 is 17.9 Å². The van der Waals surface area contributed by atoms with Crippen molar-refractivity contribution in [3.63, 3.8) is 0 Å². The lowest BCUT2D eigenvalue weighted by Crippen LogP contribution is -2.06. The molecule has 7 heteroatoms. The minimum absolute atomic E-state index is 0.00966. The summed E-state index contributed by atoms with van der Waals surface area (Å²) >= 11 is 2.93. The Morgan fingerprint density at radius 3 is 2.61 bits per heavy atom. The van der Waals surface area contributed by atoms with E-state index in [0.29, 0.717) is 16.9 Å². The second-order valence-corrected chi connectivity index (χ2v) is 4.69. The number of ether oxygens (including phenoxy) is 1. The molecule has 0 N–H and O–H groups in total. The fourth-order valence-electron chi connectivity index (χ4n) is 1.74. The first kappa shape index (κ1) is 13.4. The highest BCUT2D eigenvalue weighted by Gasteiger charge is 2.33. The molecule has 2 aromatic rings. The van der Waals surface area contributed by atoms with E-state index < -0.39 is 11.7 Å². The van der Waals surface area contributed by atoms with E-state index >= 15 is 0 Å². The molecule has 0 aliphatic rings. The molecule has 0 radical (unpaired) electrons. The zero-order valence-corrected chi connectivity index (χ0v) is 11.3. The third-order valence-electron chi connectivity index (χ3n) is 2.64. The summed E-state index contributed by atoms with van der Waals surface area (Å²) in [5.41, 5.74) is 0.226. The molecule has 0 saturated carbocycles. The topological polar surface area (TPSA) is 27.1 Å². The van der Waals surface area contributed by atoms with Crippen LogP contribution in [0.1, 0.15) is 11.4 Å². The molecule has 0 aliphatic heterocycles. The molecule has 98 valence electrons. The number of imidazole rings is 1. The van der Waals surface area contributed by atoms with Crippen LogP contribution in [0.25, 0.3) is 11.0 Å². The van der Waals surface area contributed by atoms with Crippen molar-refractivity contribution in [1.29, 1.82) is 0 Å². The van der Waals surface area contributed by atoms with E-state index in [2.05, 4.69) is 20.9 Å². The van der Waals surface area contributed by atoms with Crippen LogP contribution < -0.4 is 0 Å². The van der Waals surface area contributed by atoms with E-state index in [4.69, 9.17) is 4.74 Å². The number of hydrogen-bond donors (Lipinski definition) is 0. The number of nitrogens with zero attached hydrogens (tertiary/aromatic N) is 2. The largest absolute Gasteiger partial charge is 0.417 e. The first-order valence-corrected chi connectivity index (χ1v) is 5.85. The molecule has 1 heterocycles. The molecule has 3 nitrogen and oxygen atoms in total. The van der Waals surface area contributed by atoms with Gasteiger partial charge in [-0.05, 0) is 12.1 Å². The highest BCUT2D eigenvalue weighted by atomic mass is 79.9. The Morgan fingerprint density at radius 1 is 1.39 bits per heavy atom.